The second-order valence-electron chi connectivity index (χ2n) is 8.08. The average Bonchev–Trinajstić information content (AvgIpc) is 3.11. The van der Waals surface area contributed by atoms with Gasteiger partial charge in [-0.25, -0.2) is 4.68 Å². The molecule has 3 heterocycles. The van der Waals surface area contributed by atoms with Crippen molar-refractivity contribution in [2.45, 2.75) is 37.4 Å². The van der Waals surface area contributed by atoms with Crippen molar-refractivity contribution in [1.82, 2.24) is 14.7 Å². The Hall–Kier alpha value is -2.18. The highest BCUT2D eigenvalue weighted by atomic mass is 16.6. The van der Waals surface area contributed by atoms with Gasteiger partial charge in [0.2, 0.25) is 0 Å². The lowest BCUT2D eigenvalue weighted by molar-refractivity contribution is 0.00157. The molecule has 0 N–H and O–H groups in total. The minimum Gasteiger partial charge on any atom is -0.375 e. The first-order valence-electron chi connectivity index (χ1n) is 9.86. The fourth-order valence-electron chi connectivity index (χ4n) is 4.11. The molecule has 2 aromatic rings. The lowest BCUT2D eigenvalue weighted by atomic mass is 9.98. The van der Waals surface area contributed by atoms with Crippen LogP contribution in [-0.2, 0) is 9.47 Å². The van der Waals surface area contributed by atoms with Crippen molar-refractivity contribution >= 4 is 5.91 Å². The molecular weight excluding hydrogens is 342 g/mol. The van der Waals surface area contributed by atoms with Gasteiger partial charge in [-0.15, -0.1) is 0 Å². The van der Waals surface area contributed by atoms with E-state index in [0.29, 0.717) is 18.7 Å². The van der Waals surface area contributed by atoms with Gasteiger partial charge in [0.1, 0.15) is 0 Å². The van der Waals surface area contributed by atoms with Crippen molar-refractivity contribution < 1.29 is 14.3 Å². The van der Waals surface area contributed by atoms with Crippen LogP contribution in [0.5, 0.6) is 0 Å². The first kappa shape index (κ1) is 17.0. The Kier molecular flexibility index (Phi) is 4.25. The number of rotatable bonds is 5. The van der Waals surface area contributed by atoms with Crippen molar-refractivity contribution in [1.29, 1.82) is 0 Å². The highest BCUT2D eigenvalue weighted by Crippen LogP contribution is 2.38. The first-order chi connectivity index (χ1) is 13.2. The third-order valence-corrected chi connectivity index (χ3v) is 5.89. The van der Waals surface area contributed by atoms with Crippen LogP contribution < -0.4 is 0 Å². The monoisotopic (exact) mass is 367 g/mol. The van der Waals surface area contributed by atoms with Gasteiger partial charge in [0.25, 0.3) is 5.91 Å². The van der Waals surface area contributed by atoms with E-state index in [1.165, 1.54) is 12.8 Å². The fraction of sp³-hybridized carbons (Fsp3) is 0.524. The molecule has 2 saturated heterocycles. The van der Waals surface area contributed by atoms with E-state index < -0.39 is 0 Å². The van der Waals surface area contributed by atoms with Gasteiger partial charge >= 0.3 is 0 Å². The van der Waals surface area contributed by atoms with Crippen LogP contribution in [-0.4, -0.2) is 58.6 Å². The summed E-state index contributed by atoms with van der Waals surface area (Å²) in [5.41, 5.74) is 1.35. The first-order valence-corrected chi connectivity index (χ1v) is 9.86. The van der Waals surface area contributed by atoms with E-state index in [-0.39, 0.29) is 17.6 Å². The Morgan fingerprint density at radius 1 is 1.30 bits per heavy atom. The van der Waals surface area contributed by atoms with E-state index in [9.17, 15) is 4.79 Å². The number of hydrogen-bond acceptors (Lipinski definition) is 4. The molecule has 6 nitrogen and oxygen atoms in total. The van der Waals surface area contributed by atoms with E-state index in [2.05, 4.69) is 5.10 Å². The summed E-state index contributed by atoms with van der Waals surface area (Å²) in [6, 6.07) is 9.83. The molecule has 1 saturated carbocycles. The maximum Gasteiger partial charge on any atom is 0.257 e. The van der Waals surface area contributed by atoms with Crippen LogP contribution in [0.15, 0.2) is 42.7 Å². The van der Waals surface area contributed by atoms with Crippen molar-refractivity contribution in [3.8, 4) is 5.69 Å². The Morgan fingerprint density at radius 3 is 2.96 bits per heavy atom. The second-order valence-corrected chi connectivity index (χ2v) is 8.08. The molecule has 2 atom stereocenters. The number of ether oxygens (including phenoxy) is 2. The third-order valence-electron chi connectivity index (χ3n) is 5.89. The quantitative estimate of drug-likeness (QED) is 0.815. The fourth-order valence-corrected chi connectivity index (χ4v) is 4.11. The van der Waals surface area contributed by atoms with Crippen LogP contribution in [0.4, 0.5) is 0 Å². The van der Waals surface area contributed by atoms with E-state index in [1.54, 1.807) is 17.1 Å². The van der Waals surface area contributed by atoms with Crippen LogP contribution >= 0.6 is 0 Å². The summed E-state index contributed by atoms with van der Waals surface area (Å²) in [5.74, 6) is 0.796. The van der Waals surface area contributed by atoms with Crippen LogP contribution in [0.25, 0.3) is 5.69 Å². The minimum atomic E-state index is -0.223. The number of benzene rings is 1. The van der Waals surface area contributed by atoms with Crippen LogP contribution in [0.1, 0.15) is 36.0 Å². The zero-order valence-electron chi connectivity index (χ0n) is 15.4. The summed E-state index contributed by atoms with van der Waals surface area (Å²) >= 11 is 0. The zero-order valence-corrected chi connectivity index (χ0v) is 15.4. The molecule has 1 aromatic heterocycles. The minimum absolute atomic E-state index is 0.0278. The molecule has 1 spiro atoms. The number of likely N-dealkylation sites (tertiary alicyclic amines) is 1. The molecule has 6 heteroatoms. The van der Waals surface area contributed by atoms with E-state index >= 15 is 0 Å². The molecule has 142 valence electrons. The van der Waals surface area contributed by atoms with Crippen LogP contribution in [0, 0.1) is 5.92 Å². The van der Waals surface area contributed by atoms with Gasteiger partial charge < -0.3 is 14.4 Å². The number of carbonyl (C=O) groups is 1. The van der Waals surface area contributed by atoms with E-state index in [4.69, 9.17) is 9.47 Å². The van der Waals surface area contributed by atoms with Gasteiger partial charge in [-0.05, 0) is 37.3 Å². The number of nitrogens with zero attached hydrogens (tertiary/aromatic N) is 3. The Bertz CT molecular complexity index is 817. The summed E-state index contributed by atoms with van der Waals surface area (Å²) in [7, 11) is 0. The summed E-state index contributed by atoms with van der Waals surface area (Å²) in [6.07, 6.45) is 8.02. The second kappa shape index (κ2) is 6.77. The lowest BCUT2D eigenvalue weighted by Crippen LogP contribution is -2.36. The number of aromatic nitrogens is 2. The topological polar surface area (TPSA) is 56.6 Å². The maximum absolute atomic E-state index is 12.9. The summed E-state index contributed by atoms with van der Waals surface area (Å²) in [4.78, 5) is 14.8. The number of carbonyl (C=O) groups excluding carboxylic acids is 1. The van der Waals surface area contributed by atoms with Crippen molar-refractivity contribution in [3.05, 3.63) is 48.3 Å². The summed E-state index contributed by atoms with van der Waals surface area (Å²) in [5, 5.41) is 4.34. The molecule has 5 rings (SSSR count). The van der Waals surface area contributed by atoms with Crippen molar-refractivity contribution in [2.75, 3.05) is 26.3 Å². The Morgan fingerprint density at radius 2 is 2.15 bits per heavy atom. The van der Waals surface area contributed by atoms with Crippen LogP contribution in [0.3, 0.4) is 0 Å². The molecule has 1 amide bonds. The molecule has 0 bridgehead atoms. The lowest BCUT2D eigenvalue weighted by Gasteiger charge is -2.23. The van der Waals surface area contributed by atoms with Crippen molar-refractivity contribution in [2.24, 2.45) is 5.92 Å². The van der Waals surface area contributed by atoms with E-state index in [1.807, 2.05) is 35.2 Å². The molecule has 1 aliphatic carbocycles. The number of para-hydroxylation sites is 1. The predicted molar refractivity (Wildman–Crippen MR) is 99.8 cm³/mol. The van der Waals surface area contributed by atoms with Gasteiger partial charge in [-0.3, -0.25) is 4.79 Å². The van der Waals surface area contributed by atoms with Gasteiger partial charge in [0, 0.05) is 25.8 Å². The molecular formula is C21H25N3O3. The summed E-state index contributed by atoms with van der Waals surface area (Å²) in [6.45, 7) is 2.89. The zero-order chi connectivity index (χ0) is 18.3. The molecule has 3 aliphatic rings. The molecule has 3 fully saturated rings. The average molecular weight is 367 g/mol. The predicted octanol–water partition coefficient (Wildman–Crippen LogP) is 2.67. The largest absolute Gasteiger partial charge is 0.375 e. The van der Waals surface area contributed by atoms with E-state index in [0.717, 1.165) is 37.6 Å². The van der Waals surface area contributed by atoms with Gasteiger partial charge in [-0.2, -0.15) is 5.10 Å². The standard InChI is InChI=1S/C21H25N3O3/c25-20(17-11-22-24(12-17)18-4-2-1-3-5-18)23-9-8-21(15-23)10-19(14-27-21)26-13-16-6-7-16/h1-5,11-12,16,19H,6-10,13-15H2. The number of amides is 1. The normalized spacial score (nSPS) is 27.6. The van der Waals surface area contributed by atoms with Gasteiger partial charge in [-0.1, -0.05) is 18.2 Å². The smallest absolute Gasteiger partial charge is 0.257 e. The van der Waals surface area contributed by atoms with Gasteiger partial charge in [0.05, 0.1) is 42.3 Å². The molecule has 1 aromatic carbocycles. The van der Waals surface area contributed by atoms with Crippen molar-refractivity contribution in [3.63, 3.8) is 0 Å². The highest BCUT2D eigenvalue weighted by Gasteiger charge is 2.47. The van der Waals surface area contributed by atoms with Gasteiger partial charge in [0.15, 0.2) is 0 Å². The van der Waals surface area contributed by atoms with Crippen LogP contribution in [0.2, 0.25) is 0 Å². The Labute approximate surface area is 159 Å². The SMILES string of the molecule is O=C(c1cnn(-c2ccccc2)c1)N1CCC2(CC(OCC3CC3)CO2)C1. The molecule has 0 radical (unpaired) electrons. The summed E-state index contributed by atoms with van der Waals surface area (Å²) < 4.78 is 13.9. The maximum atomic E-state index is 12.9. The number of hydrogen-bond donors (Lipinski definition) is 0. The third kappa shape index (κ3) is 3.51. The molecule has 27 heavy (non-hydrogen) atoms. The Balaban J connectivity index is 1.21. The molecule has 2 aliphatic heterocycles. The molecule has 2 unspecified atom stereocenters. The highest BCUT2D eigenvalue weighted by molar-refractivity contribution is 5.94.